The van der Waals surface area contributed by atoms with Crippen molar-refractivity contribution in [1.82, 2.24) is 9.88 Å². The number of carbonyl (C=O) groups excluding carboxylic acids is 1. The summed E-state index contributed by atoms with van der Waals surface area (Å²) in [5.41, 5.74) is 0.750. The first-order valence-electron chi connectivity index (χ1n) is 9.33. The van der Waals surface area contributed by atoms with Crippen molar-refractivity contribution in [3.05, 3.63) is 17.3 Å². The van der Waals surface area contributed by atoms with E-state index in [0.29, 0.717) is 29.5 Å². The van der Waals surface area contributed by atoms with Gasteiger partial charge in [0.25, 0.3) is 5.91 Å². The lowest BCUT2D eigenvalue weighted by atomic mass is 9.83. The van der Waals surface area contributed by atoms with Crippen LogP contribution in [0.4, 0.5) is 0 Å². The van der Waals surface area contributed by atoms with Crippen LogP contribution in [0.5, 0.6) is 0 Å². The van der Waals surface area contributed by atoms with Crippen molar-refractivity contribution in [1.29, 1.82) is 0 Å². The van der Waals surface area contributed by atoms with Gasteiger partial charge < -0.3 is 9.32 Å². The average Bonchev–Trinajstić information content (AvgIpc) is 3.14. The van der Waals surface area contributed by atoms with Crippen LogP contribution in [-0.2, 0) is 6.42 Å². The molecule has 3 rings (SSSR count). The van der Waals surface area contributed by atoms with Crippen molar-refractivity contribution in [2.45, 2.75) is 78.2 Å². The van der Waals surface area contributed by atoms with E-state index in [1.165, 1.54) is 32.1 Å². The molecule has 1 atom stereocenters. The Morgan fingerprint density at radius 2 is 1.96 bits per heavy atom. The number of hydrogen-bond donors (Lipinski definition) is 0. The highest BCUT2D eigenvalue weighted by atomic mass is 16.4. The van der Waals surface area contributed by atoms with Crippen LogP contribution >= 0.6 is 0 Å². The standard InChI is InChI=1S/C19H30N2O2/c1-13(2)12-17-20-14(3)18(23-17)19(22)21-11-7-10-16(21)15-8-5-4-6-9-15/h13,15-16H,4-12H2,1-3H3/t16-/m0/s1. The van der Waals surface area contributed by atoms with Crippen LogP contribution in [0.2, 0.25) is 0 Å². The molecule has 23 heavy (non-hydrogen) atoms. The third-order valence-corrected chi connectivity index (χ3v) is 5.37. The molecule has 0 spiro atoms. The molecule has 1 saturated heterocycles. The Kier molecular flexibility index (Phi) is 5.08. The number of rotatable bonds is 4. The fraction of sp³-hybridized carbons (Fsp3) is 0.789. The number of nitrogens with zero attached hydrogens (tertiary/aromatic N) is 2. The summed E-state index contributed by atoms with van der Waals surface area (Å²) in [4.78, 5) is 19.6. The Balaban J connectivity index is 1.74. The quantitative estimate of drug-likeness (QED) is 0.828. The molecule has 0 bridgehead atoms. The van der Waals surface area contributed by atoms with Gasteiger partial charge in [0, 0.05) is 19.0 Å². The number of amides is 1. The van der Waals surface area contributed by atoms with Crippen molar-refractivity contribution in [2.24, 2.45) is 11.8 Å². The van der Waals surface area contributed by atoms with Crippen LogP contribution in [0, 0.1) is 18.8 Å². The third kappa shape index (κ3) is 3.61. The maximum atomic E-state index is 13.0. The Bertz CT molecular complexity index is 544. The van der Waals surface area contributed by atoms with Crippen molar-refractivity contribution >= 4 is 5.91 Å². The Labute approximate surface area is 139 Å². The molecule has 0 N–H and O–H groups in total. The van der Waals surface area contributed by atoms with Gasteiger partial charge in [-0.25, -0.2) is 4.98 Å². The molecular weight excluding hydrogens is 288 g/mol. The number of aryl methyl sites for hydroxylation is 1. The van der Waals surface area contributed by atoms with Gasteiger partial charge in [0.15, 0.2) is 5.89 Å². The summed E-state index contributed by atoms with van der Waals surface area (Å²) >= 11 is 0. The van der Waals surface area contributed by atoms with E-state index in [-0.39, 0.29) is 5.91 Å². The molecule has 1 aromatic rings. The molecular formula is C19H30N2O2. The first-order valence-corrected chi connectivity index (χ1v) is 9.33. The summed E-state index contributed by atoms with van der Waals surface area (Å²) in [7, 11) is 0. The van der Waals surface area contributed by atoms with Gasteiger partial charge in [-0.15, -0.1) is 0 Å². The van der Waals surface area contributed by atoms with Crippen molar-refractivity contribution in [3.63, 3.8) is 0 Å². The number of carbonyl (C=O) groups is 1. The molecule has 1 aliphatic carbocycles. The highest BCUT2D eigenvalue weighted by Gasteiger charge is 2.37. The van der Waals surface area contributed by atoms with Crippen LogP contribution in [0.15, 0.2) is 4.42 Å². The fourth-order valence-electron chi connectivity index (χ4n) is 4.27. The maximum absolute atomic E-state index is 13.0. The highest BCUT2D eigenvalue weighted by Crippen LogP contribution is 2.35. The minimum atomic E-state index is 0.0677. The number of hydrogen-bond acceptors (Lipinski definition) is 3. The molecule has 0 unspecified atom stereocenters. The lowest BCUT2D eigenvalue weighted by Gasteiger charge is -2.33. The SMILES string of the molecule is Cc1nc(CC(C)C)oc1C(=O)N1CCC[C@H]1C1CCCCC1. The lowest BCUT2D eigenvalue weighted by Crippen LogP contribution is -2.40. The van der Waals surface area contributed by atoms with E-state index in [2.05, 4.69) is 23.7 Å². The fourth-order valence-corrected chi connectivity index (χ4v) is 4.27. The van der Waals surface area contributed by atoms with Gasteiger partial charge in [0.2, 0.25) is 5.76 Å². The molecule has 2 aliphatic rings. The van der Waals surface area contributed by atoms with Gasteiger partial charge >= 0.3 is 0 Å². The number of aromatic nitrogens is 1. The zero-order chi connectivity index (χ0) is 16.4. The Morgan fingerprint density at radius 1 is 1.22 bits per heavy atom. The highest BCUT2D eigenvalue weighted by molar-refractivity contribution is 5.92. The number of oxazole rings is 1. The number of likely N-dealkylation sites (tertiary alicyclic amines) is 1. The average molecular weight is 318 g/mol. The van der Waals surface area contributed by atoms with Gasteiger partial charge in [-0.05, 0) is 44.4 Å². The maximum Gasteiger partial charge on any atom is 0.291 e. The summed E-state index contributed by atoms with van der Waals surface area (Å²) in [5.74, 6) is 2.42. The lowest BCUT2D eigenvalue weighted by molar-refractivity contribution is 0.0626. The molecule has 2 heterocycles. The Morgan fingerprint density at radius 3 is 2.65 bits per heavy atom. The summed E-state index contributed by atoms with van der Waals surface area (Å²) in [6.45, 7) is 7.05. The minimum absolute atomic E-state index is 0.0677. The molecule has 0 radical (unpaired) electrons. The monoisotopic (exact) mass is 318 g/mol. The molecule has 4 nitrogen and oxygen atoms in total. The van der Waals surface area contributed by atoms with E-state index in [1.54, 1.807) is 0 Å². The first kappa shape index (κ1) is 16.5. The van der Waals surface area contributed by atoms with Crippen LogP contribution in [0.1, 0.15) is 80.9 Å². The van der Waals surface area contributed by atoms with E-state index in [1.807, 2.05) is 6.92 Å². The van der Waals surface area contributed by atoms with E-state index in [0.717, 1.165) is 31.5 Å². The smallest absolute Gasteiger partial charge is 0.291 e. The molecule has 128 valence electrons. The van der Waals surface area contributed by atoms with Crippen LogP contribution in [0.3, 0.4) is 0 Å². The zero-order valence-corrected chi connectivity index (χ0v) is 14.8. The van der Waals surface area contributed by atoms with Gasteiger partial charge in [0.1, 0.15) is 0 Å². The van der Waals surface area contributed by atoms with Gasteiger partial charge in [-0.3, -0.25) is 4.79 Å². The van der Waals surface area contributed by atoms with Gasteiger partial charge in [0.05, 0.1) is 5.69 Å². The topological polar surface area (TPSA) is 46.3 Å². The summed E-state index contributed by atoms with van der Waals surface area (Å²) in [5, 5.41) is 0. The molecule has 1 aromatic heterocycles. The van der Waals surface area contributed by atoms with Crippen molar-refractivity contribution in [3.8, 4) is 0 Å². The van der Waals surface area contributed by atoms with Crippen LogP contribution < -0.4 is 0 Å². The molecule has 2 fully saturated rings. The molecule has 4 heteroatoms. The first-order chi connectivity index (χ1) is 11.1. The predicted molar refractivity (Wildman–Crippen MR) is 90.4 cm³/mol. The predicted octanol–water partition coefficient (Wildman–Crippen LogP) is 4.37. The largest absolute Gasteiger partial charge is 0.435 e. The van der Waals surface area contributed by atoms with Crippen LogP contribution in [0.25, 0.3) is 0 Å². The van der Waals surface area contributed by atoms with Gasteiger partial charge in [-0.2, -0.15) is 0 Å². The van der Waals surface area contributed by atoms with Crippen LogP contribution in [-0.4, -0.2) is 28.4 Å². The molecule has 1 aliphatic heterocycles. The normalized spacial score (nSPS) is 23.0. The van der Waals surface area contributed by atoms with E-state index < -0.39 is 0 Å². The second kappa shape index (κ2) is 7.06. The van der Waals surface area contributed by atoms with Gasteiger partial charge in [-0.1, -0.05) is 33.1 Å². The second-order valence-corrected chi connectivity index (χ2v) is 7.73. The summed E-state index contributed by atoms with van der Waals surface area (Å²) in [6.07, 6.45) is 9.63. The zero-order valence-electron chi connectivity index (χ0n) is 14.8. The van der Waals surface area contributed by atoms with E-state index in [9.17, 15) is 4.79 Å². The summed E-state index contributed by atoms with van der Waals surface area (Å²) < 4.78 is 5.83. The molecule has 1 amide bonds. The summed E-state index contributed by atoms with van der Waals surface area (Å²) in [6, 6.07) is 0.417. The third-order valence-electron chi connectivity index (χ3n) is 5.37. The molecule has 1 saturated carbocycles. The van der Waals surface area contributed by atoms with Crippen molar-refractivity contribution in [2.75, 3.05) is 6.54 Å². The minimum Gasteiger partial charge on any atom is -0.435 e. The van der Waals surface area contributed by atoms with Crippen molar-refractivity contribution < 1.29 is 9.21 Å². The van der Waals surface area contributed by atoms with E-state index in [4.69, 9.17) is 4.42 Å². The second-order valence-electron chi connectivity index (χ2n) is 7.73. The molecule has 0 aromatic carbocycles. The Hall–Kier alpha value is -1.32. The van der Waals surface area contributed by atoms with E-state index >= 15 is 0 Å².